The summed E-state index contributed by atoms with van der Waals surface area (Å²) in [5.74, 6) is 2.10. The van der Waals surface area contributed by atoms with E-state index in [9.17, 15) is 0 Å². The lowest BCUT2D eigenvalue weighted by Crippen LogP contribution is -2.08. The molecule has 2 rings (SSSR count). The summed E-state index contributed by atoms with van der Waals surface area (Å²) in [6.45, 7) is 3.36. The van der Waals surface area contributed by atoms with Gasteiger partial charge in [-0.3, -0.25) is 0 Å². The van der Waals surface area contributed by atoms with Crippen LogP contribution in [0.4, 0.5) is 0 Å². The Morgan fingerprint density at radius 2 is 2.26 bits per heavy atom. The third-order valence-electron chi connectivity index (χ3n) is 2.64. The molecule has 0 saturated heterocycles. The van der Waals surface area contributed by atoms with Gasteiger partial charge in [-0.05, 0) is 40.0 Å². The molecule has 0 atom stereocenters. The highest BCUT2D eigenvalue weighted by atomic mass is 79.9. The van der Waals surface area contributed by atoms with Crippen LogP contribution in [0.15, 0.2) is 29.0 Å². The van der Waals surface area contributed by atoms with E-state index in [-0.39, 0.29) is 0 Å². The van der Waals surface area contributed by atoms with Gasteiger partial charge in [-0.25, -0.2) is 9.67 Å². The molecule has 0 aliphatic carbocycles. The van der Waals surface area contributed by atoms with Crippen molar-refractivity contribution in [1.29, 1.82) is 0 Å². The molecule has 0 aliphatic rings. The fraction of sp³-hybridized carbons (Fsp3) is 0.385. The van der Waals surface area contributed by atoms with Gasteiger partial charge in [-0.1, -0.05) is 13.0 Å². The Balaban J connectivity index is 2.04. The van der Waals surface area contributed by atoms with E-state index in [0.717, 1.165) is 34.6 Å². The van der Waals surface area contributed by atoms with E-state index >= 15 is 0 Å². The first-order valence-electron chi connectivity index (χ1n) is 6.08. The molecular weight excluding hydrogens is 330 g/mol. The van der Waals surface area contributed by atoms with Crippen LogP contribution in [0.25, 0.3) is 0 Å². The number of halogens is 2. The number of ether oxygens (including phenoxy) is 1. The highest BCUT2D eigenvalue weighted by Gasteiger charge is 2.07. The van der Waals surface area contributed by atoms with Crippen molar-refractivity contribution in [2.75, 3.05) is 0 Å². The van der Waals surface area contributed by atoms with Crippen molar-refractivity contribution >= 4 is 27.5 Å². The first-order chi connectivity index (χ1) is 9.24. The fourth-order valence-electron chi connectivity index (χ4n) is 1.69. The number of hydrogen-bond donors (Lipinski definition) is 0. The molecule has 0 bridgehead atoms. The van der Waals surface area contributed by atoms with Crippen LogP contribution in [0.5, 0.6) is 5.75 Å². The molecule has 4 nitrogen and oxygen atoms in total. The van der Waals surface area contributed by atoms with Gasteiger partial charge in [-0.2, -0.15) is 5.10 Å². The highest BCUT2D eigenvalue weighted by molar-refractivity contribution is 9.10. The zero-order valence-electron chi connectivity index (χ0n) is 10.6. The van der Waals surface area contributed by atoms with Crippen LogP contribution in [0.3, 0.4) is 0 Å². The van der Waals surface area contributed by atoms with Crippen LogP contribution in [0, 0.1) is 0 Å². The molecule has 6 heteroatoms. The number of aryl methyl sites for hydroxylation is 1. The Morgan fingerprint density at radius 1 is 1.42 bits per heavy atom. The lowest BCUT2D eigenvalue weighted by atomic mass is 10.2. The molecule has 0 aliphatic heterocycles. The number of alkyl halides is 1. The third kappa shape index (κ3) is 3.70. The van der Waals surface area contributed by atoms with Gasteiger partial charge in [0.15, 0.2) is 5.82 Å². The van der Waals surface area contributed by atoms with Crippen LogP contribution in [0.1, 0.15) is 24.7 Å². The summed E-state index contributed by atoms with van der Waals surface area (Å²) in [7, 11) is 0. The predicted octanol–water partition coefficient (Wildman–Crippen LogP) is 3.77. The molecule has 0 N–H and O–H groups in total. The van der Waals surface area contributed by atoms with Crippen molar-refractivity contribution in [2.45, 2.75) is 32.4 Å². The molecule has 0 saturated carbocycles. The summed E-state index contributed by atoms with van der Waals surface area (Å²) in [6, 6.07) is 5.81. The summed E-state index contributed by atoms with van der Waals surface area (Å²) in [5, 5.41) is 4.16. The van der Waals surface area contributed by atoms with E-state index in [1.165, 1.54) is 0 Å². The Hall–Kier alpha value is -1.07. The summed E-state index contributed by atoms with van der Waals surface area (Å²) in [6.07, 6.45) is 2.57. The van der Waals surface area contributed by atoms with E-state index in [2.05, 4.69) is 32.9 Å². The minimum atomic E-state index is 0.402. The van der Waals surface area contributed by atoms with Gasteiger partial charge in [0.1, 0.15) is 18.7 Å². The molecule has 0 unspecified atom stereocenters. The monoisotopic (exact) mass is 343 g/mol. The lowest BCUT2D eigenvalue weighted by molar-refractivity contribution is 0.284. The standard InChI is InChI=1S/C13H15BrClN3O/c1-2-5-18-13(16-9-17-18)8-19-12-4-3-10(7-15)6-11(12)14/h3-4,6,9H,2,5,7-8H2,1H3. The maximum Gasteiger partial charge on any atom is 0.164 e. The Labute approximate surface area is 125 Å². The van der Waals surface area contributed by atoms with Gasteiger partial charge < -0.3 is 4.74 Å². The molecule has 1 heterocycles. The van der Waals surface area contributed by atoms with Crippen LogP contribution in [0.2, 0.25) is 0 Å². The summed E-state index contributed by atoms with van der Waals surface area (Å²) >= 11 is 9.26. The zero-order valence-corrected chi connectivity index (χ0v) is 13.0. The van der Waals surface area contributed by atoms with Crippen LogP contribution >= 0.6 is 27.5 Å². The largest absolute Gasteiger partial charge is 0.484 e. The predicted molar refractivity (Wildman–Crippen MR) is 78.3 cm³/mol. The summed E-state index contributed by atoms with van der Waals surface area (Å²) < 4.78 is 8.51. The second-order valence-electron chi connectivity index (χ2n) is 4.09. The SMILES string of the molecule is CCCn1ncnc1COc1ccc(CCl)cc1Br. The molecule has 1 aromatic heterocycles. The van der Waals surface area contributed by atoms with Crippen molar-refractivity contribution in [3.05, 3.63) is 40.4 Å². The number of nitrogens with zero attached hydrogens (tertiary/aromatic N) is 3. The molecular formula is C13H15BrClN3O. The number of benzene rings is 1. The number of aromatic nitrogens is 3. The minimum Gasteiger partial charge on any atom is -0.484 e. The topological polar surface area (TPSA) is 39.9 Å². The number of rotatable bonds is 6. The minimum absolute atomic E-state index is 0.402. The Morgan fingerprint density at radius 3 is 2.95 bits per heavy atom. The van der Waals surface area contributed by atoms with E-state index < -0.39 is 0 Å². The lowest BCUT2D eigenvalue weighted by Gasteiger charge is -2.09. The van der Waals surface area contributed by atoms with Gasteiger partial charge in [0.25, 0.3) is 0 Å². The smallest absolute Gasteiger partial charge is 0.164 e. The highest BCUT2D eigenvalue weighted by Crippen LogP contribution is 2.27. The molecule has 0 fully saturated rings. The first kappa shape index (κ1) is 14.3. The maximum absolute atomic E-state index is 5.78. The van der Waals surface area contributed by atoms with E-state index in [4.69, 9.17) is 16.3 Å². The van der Waals surface area contributed by atoms with Gasteiger partial charge in [-0.15, -0.1) is 11.6 Å². The van der Waals surface area contributed by atoms with E-state index in [1.807, 2.05) is 22.9 Å². The van der Waals surface area contributed by atoms with Gasteiger partial charge in [0.05, 0.1) is 4.47 Å². The average molecular weight is 345 g/mol. The van der Waals surface area contributed by atoms with Crippen molar-refractivity contribution in [1.82, 2.24) is 14.8 Å². The van der Waals surface area contributed by atoms with E-state index in [0.29, 0.717) is 12.5 Å². The molecule has 102 valence electrons. The van der Waals surface area contributed by atoms with Crippen LogP contribution < -0.4 is 4.74 Å². The number of hydrogen-bond acceptors (Lipinski definition) is 3. The van der Waals surface area contributed by atoms with Crippen molar-refractivity contribution in [2.24, 2.45) is 0 Å². The fourth-order valence-corrected chi connectivity index (χ4v) is 2.39. The van der Waals surface area contributed by atoms with Gasteiger partial charge in [0, 0.05) is 12.4 Å². The van der Waals surface area contributed by atoms with E-state index in [1.54, 1.807) is 6.33 Å². The quantitative estimate of drug-likeness (QED) is 0.749. The Kier molecular flexibility index (Phi) is 5.22. The van der Waals surface area contributed by atoms with Gasteiger partial charge >= 0.3 is 0 Å². The molecule has 0 radical (unpaired) electrons. The average Bonchev–Trinajstić information content (AvgIpc) is 2.85. The van der Waals surface area contributed by atoms with Gasteiger partial charge in [0.2, 0.25) is 0 Å². The maximum atomic E-state index is 5.78. The van der Waals surface area contributed by atoms with Crippen molar-refractivity contribution in [3.8, 4) is 5.75 Å². The summed E-state index contributed by atoms with van der Waals surface area (Å²) in [4.78, 5) is 4.20. The molecule has 0 spiro atoms. The summed E-state index contributed by atoms with van der Waals surface area (Å²) in [5.41, 5.74) is 1.05. The third-order valence-corrected chi connectivity index (χ3v) is 3.57. The molecule has 1 aromatic carbocycles. The molecule has 19 heavy (non-hydrogen) atoms. The molecule has 2 aromatic rings. The van der Waals surface area contributed by atoms with Crippen LogP contribution in [-0.2, 0) is 19.0 Å². The van der Waals surface area contributed by atoms with Crippen molar-refractivity contribution < 1.29 is 4.74 Å². The zero-order chi connectivity index (χ0) is 13.7. The molecule has 0 amide bonds. The first-order valence-corrected chi connectivity index (χ1v) is 7.41. The normalized spacial score (nSPS) is 10.7. The van der Waals surface area contributed by atoms with Crippen molar-refractivity contribution in [3.63, 3.8) is 0 Å². The Bertz CT molecular complexity index is 544. The second kappa shape index (κ2) is 6.91. The second-order valence-corrected chi connectivity index (χ2v) is 5.21. The van der Waals surface area contributed by atoms with Crippen LogP contribution in [-0.4, -0.2) is 14.8 Å².